The van der Waals surface area contributed by atoms with Crippen LogP contribution in [0.1, 0.15) is 25.0 Å². The smallest absolute Gasteiger partial charge is 0.0401 e. The van der Waals surface area contributed by atoms with Crippen molar-refractivity contribution in [1.82, 2.24) is 0 Å². The Morgan fingerprint density at radius 2 is 1.67 bits per heavy atom. The molecule has 0 amide bonds. The number of hydrogen-bond acceptors (Lipinski definition) is 2. The van der Waals surface area contributed by atoms with Crippen molar-refractivity contribution in [2.45, 2.75) is 27.3 Å². The Hall–Kier alpha value is -1.96. The zero-order chi connectivity index (χ0) is 13.4. The largest absolute Gasteiger partial charge is 0.399 e. The van der Waals surface area contributed by atoms with Gasteiger partial charge >= 0.3 is 0 Å². The first kappa shape index (κ1) is 14.1. The van der Waals surface area contributed by atoms with Crippen molar-refractivity contribution in [1.29, 1.82) is 0 Å². The summed E-state index contributed by atoms with van der Waals surface area (Å²) in [5.74, 6) is 0. The third-order valence-corrected chi connectivity index (χ3v) is 2.50. The SMILES string of the molecule is CC.Cc1ccc(NCc2cccc(N)c2)cc1. The molecule has 3 N–H and O–H groups in total. The molecule has 0 saturated heterocycles. The molecule has 2 rings (SSSR count). The van der Waals surface area contributed by atoms with Crippen molar-refractivity contribution < 1.29 is 0 Å². The van der Waals surface area contributed by atoms with E-state index in [2.05, 4.69) is 42.6 Å². The highest BCUT2D eigenvalue weighted by molar-refractivity contribution is 5.46. The molecule has 0 unspecified atom stereocenters. The van der Waals surface area contributed by atoms with Crippen molar-refractivity contribution in [2.24, 2.45) is 0 Å². The molecule has 0 radical (unpaired) electrons. The van der Waals surface area contributed by atoms with Gasteiger partial charge in [-0.1, -0.05) is 43.7 Å². The highest BCUT2D eigenvalue weighted by atomic mass is 14.9. The van der Waals surface area contributed by atoms with Crippen molar-refractivity contribution in [3.8, 4) is 0 Å². The van der Waals surface area contributed by atoms with Crippen LogP contribution in [0, 0.1) is 6.92 Å². The summed E-state index contributed by atoms with van der Waals surface area (Å²) in [4.78, 5) is 0. The van der Waals surface area contributed by atoms with E-state index in [0.29, 0.717) is 0 Å². The number of nitrogens with one attached hydrogen (secondary N) is 1. The summed E-state index contributed by atoms with van der Waals surface area (Å²) in [6, 6.07) is 16.3. The second-order valence-electron chi connectivity index (χ2n) is 3.96. The van der Waals surface area contributed by atoms with Crippen molar-refractivity contribution >= 4 is 11.4 Å². The third-order valence-electron chi connectivity index (χ3n) is 2.50. The Morgan fingerprint density at radius 1 is 1.00 bits per heavy atom. The number of aryl methyl sites for hydroxylation is 1. The molecular weight excluding hydrogens is 220 g/mol. The predicted octanol–water partition coefficient (Wildman–Crippen LogP) is 4.22. The average Bonchev–Trinajstić information content (AvgIpc) is 2.41. The number of hydrogen-bond donors (Lipinski definition) is 2. The highest BCUT2D eigenvalue weighted by Gasteiger charge is 1.94. The van der Waals surface area contributed by atoms with E-state index in [1.165, 1.54) is 11.1 Å². The summed E-state index contributed by atoms with van der Waals surface area (Å²) in [5.41, 5.74) is 10.1. The van der Waals surface area contributed by atoms with Gasteiger partial charge in [0.25, 0.3) is 0 Å². The zero-order valence-electron chi connectivity index (χ0n) is 11.4. The van der Waals surface area contributed by atoms with Crippen LogP contribution in [0.3, 0.4) is 0 Å². The van der Waals surface area contributed by atoms with Gasteiger partial charge in [-0.3, -0.25) is 0 Å². The lowest BCUT2D eigenvalue weighted by atomic mass is 10.2. The Bertz CT molecular complexity index is 461. The third kappa shape index (κ3) is 4.50. The van der Waals surface area contributed by atoms with Crippen LogP contribution in [0.2, 0.25) is 0 Å². The first-order valence-electron chi connectivity index (χ1n) is 6.39. The molecule has 0 saturated carbocycles. The van der Waals surface area contributed by atoms with Crippen molar-refractivity contribution in [3.63, 3.8) is 0 Å². The normalized spacial score (nSPS) is 9.28. The summed E-state index contributed by atoms with van der Waals surface area (Å²) in [6.45, 7) is 6.88. The number of benzene rings is 2. The quantitative estimate of drug-likeness (QED) is 0.791. The summed E-state index contributed by atoms with van der Waals surface area (Å²) in [5, 5.41) is 3.36. The van der Waals surface area contributed by atoms with Crippen LogP contribution in [0.25, 0.3) is 0 Å². The van der Waals surface area contributed by atoms with E-state index in [0.717, 1.165) is 17.9 Å². The second kappa shape index (κ2) is 7.38. The van der Waals surface area contributed by atoms with Crippen LogP contribution < -0.4 is 11.1 Å². The summed E-state index contributed by atoms with van der Waals surface area (Å²) >= 11 is 0. The van der Waals surface area contributed by atoms with Gasteiger partial charge in [0, 0.05) is 17.9 Å². The number of nitrogen functional groups attached to an aromatic ring is 1. The Balaban J connectivity index is 0.000000771. The molecule has 0 atom stereocenters. The molecule has 0 aliphatic heterocycles. The monoisotopic (exact) mass is 242 g/mol. The minimum atomic E-state index is 0.800. The van der Waals surface area contributed by atoms with Crippen LogP contribution in [0.5, 0.6) is 0 Å². The minimum Gasteiger partial charge on any atom is -0.399 e. The Morgan fingerprint density at radius 3 is 2.28 bits per heavy atom. The van der Waals surface area contributed by atoms with Gasteiger partial charge in [-0.15, -0.1) is 0 Å². The minimum absolute atomic E-state index is 0.800. The van der Waals surface area contributed by atoms with Crippen LogP contribution in [0.4, 0.5) is 11.4 Å². The summed E-state index contributed by atoms with van der Waals surface area (Å²) in [6.07, 6.45) is 0. The van der Waals surface area contributed by atoms with Crippen molar-refractivity contribution in [2.75, 3.05) is 11.1 Å². The Kier molecular flexibility index (Phi) is 5.78. The summed E-state index contributed by atoms with van der Waals surface area (Å²) < 4.78 is 0. The van der Waals surface area contributed by atoms with Gasteiger partial charge in [0.15, 0.2) is 0 Å². The van der Waals surface area contributed by atoms with Crippen LogP contribution in [-0.4, -0.2) is 0 Å². The molecule has 2 nitrogen and oxygen atoms in total. The van der Waals surface area contributed by atoms with Crippen LogP contribution in [-0.2, 0) is 6.54 Å². The molecule has 0 bridgehead atoms. The molecule has 0 aromatic heterocycles. The molecule has 2 heteroatoms. The maximum Gasteiger partial charge on any atom is 0.0401 e. The van der Waals surface area contributed by atoms with E-state index in [1.807, 2.05) is 32.0 Å². The van der Waals surface area contributed by atoms with E-state index in [4.69, 9.17) is 5.73 Å². The molecule has 0 aliphatic rings. The van der Waals surface area contributed by atoms with E-state index in [-0.39, 0.29) is 0 Å². The molecular formula is C16H22N2. The lowest BCUT2D eigenvalue weighted by Gasteiger charge is -2.07. The second-order valence-corrected chi connectivity index (χ2v) is 3.96. The van der Waals surface area contributed by atoms with Gasteiger partial charge < -0.3 is 11.1 Å². The highest BCUT2D eigenvalue weighted by Crippen LogP contribution is 2.12. The van der Waals surface area contributed by atoms with Gasteiger partial charge in [0.05, 0.1) is 0 Å². The Labute approximate surface area is 110 Å². The van der Waals surface area contributed by atoms with E-state index in [9.17, 15) is 0 Å². The predicted molar refractivity (Wildman–Crippen MR) is 80.7 cm³/mol. The fourth-order valence-corrected chi connectivity index (χ4v) is 1.58. The van der Waals surface area contributed by atoms with Crippen LogP contribution in [0.15, 0.2) is 48.5 Å². The maximum atomic E-state index is 5.72. The fourth-order valence-electron chi connectivity index (χ4n) is 1.58. The topological polar surface area (TPSA) is 38.0 Å². The molecule has 0 spiro atoms. The number of rotatable bonds is 3. The van der Waals surface area contributed by atoms with E-state index >= 15 is 0 Å². The zero-order valence-corrected chi connectivity index (χ0v) is 11.4. The van der Waals surface area contributed by atoms with Gasteiger partial charge in [-0.2, -0.15) is 0 Å². The first-order valence-corrected chi connectivity index (χ1v) is 6.39. The lowest BCUT2D eigenvalue weighted by Crippen LogP contribution is -1.99. The lowest BCUT2D eigenvalue weighted by molar-refractivity contribution is 1.15. The van der Waals surface area contributed by atoms with Gasteiger partial charge in [-0.25, -0.2) is 0 Å². The molecule has 96 valence electrons. The van der Waals surface area contributed by atoms with E-state index in [1.54, 1.807) is 0 Å². The maximum absolute atomic E-state index is 5.72. The fraction of sp³-hybridized carbons (Fsp3) is 0.250. The average molecular weight is 242 g/mol. The molecule has 18 heavy (non-hydrogen) atoms. The van der Waals surface area contributed by atoms with Gasteiger partial charge in [0.2, 0.25) is 0 Å². The number of anilines is 2. The van der Waals surface area contributed by atoms with E-state index < -0.39 is 0 Å². The summed E-state index contributed by atoms with van der Waals surface area (Å²) in [7, 11) is 0. The molecule has 2 aromatic carbocycles. The molecule has 0 aliphatic carbocycles. The van der Waals surface area contributed by atoms with Gasteiger partial charge in [-0.05, 0) is 36.8 Å². The molecule has 0 heterocycles. The van der Waals surface area contributed by atoms with Crippen molar-refractivity contribution in [3.05, 3.63) is 59.7 Å². The molecule has 0 fully saturated rings. The molecule has 2 aromatic rings. The first-order chi connectivity index (χ1) is 8.74. The van der Waals surface area contributed by atoms with Crippen LogP contribution >= 0.6 is 0 Å². The number of nitrogens with two attached hydrogens (primary N) is 1. The van der Waals surface area contributed by atoms with Gasteiger partial charge in [0.1, 0.15) is 0 Å². The standard InChI is InChI=1S/C14H16N2.C2H6/c1-11-5-7-14(8-6-11)16-10-12-3-2-4-13(15)9-12;1-2/h2-9,16H,10,15H2,1H3;1-2H3.